The molecule has 15 heteroatoms. The summed E-state index contributed by atoms with van der Waals surface area (Å²) < 4.78 is 9.64. The number of thioether (sulfide) groups is 1. The number of amides is 3. The van der Waals surface area contributed by atoms with Gasteiger partial charge in [0.2, 0.25) is 5.91 Å². The van der Waals surface area contributed by atoms with Gasteiger partial charge in [0.05, 0.1) is 56.1 Å². The lowest BCUT2D eigenvalue weighted by atomic mass is 10.0. The first-order chi connectivity index (χ1) is 29.6. The van der Waals surface area contributed by atoms with Crippen molar-refractivity contribution in [3.63, 3.8) is 0 Å². The minimum atomic E-state index is -1.01. The highest BCUT2D eigenvalue weighted by atomic mass is 32.2. The summed E-state index contributed by atoms with van der Waals surface area (Å²) in [5, 5.41) is 17.1. The van der Waals surface area contributed by atoms with Gasteiger partial charge < -0.3 is 40.1 Å². The minimum absolute atomic E-state index is 0.104. The number of hydrogen-bond donors (Lipinski definition) is 5. The van der Waals surface area contributed by atoms with E-state index in [9.17, 15) is 19.5 Å². The second-order valence-electron chi connectivity index (χ2n) is 15.7. The Balaban J connectivity index is 1.00. The Morgan fingerprint density at radius 3 is 2.30 bits per heavy atom. The number of carbonyl (C=O) groups is 3. The molecular formula is C46H54N8O6S. The summed E-state index contributed by atoms with van der Waals surface area (Å²) in [7, 11) is 2.60. The highest BCUT2D eigenvalue weighted by molar-refractivity contribution is 8.08. The van der Waals surface area contributed by atoms with Gasteiger partial charge in [0.15, 0.2) is 0 Å². The molecule has 3 amide bonds. The number of aliphatic hydroxyl groups is 1. The number of aliphatic hydroxyl groups excluding tert-OH is 1. The molecule has 3 aliphatic rings. The number of imidazole rings is 2. The number of ether oxygens (including phenoxy) is 2. The molecule has 2 fully saturated rings. The highest BCUT2D eigenvalue weighted by Gasteiger charge is 2.39. The molecule has 5 heterocycles. The van der Waals surface area contributed by atoms with Crippen LogP contribution in [0.1, 0.15) is 86.1 Å². The molecule has 2 aromatic carbocycles. The molecule has 5 N–H and O–H groups in total. The van der Waals surface area contributed by atoms with Crippen LogP contribution in [0.2, 0.25) is 0 Å². The largest absolute Gasteiger partial charge is 0.453 e. The zero-order valence-electron chi connectivity index (χ0n) is 35.0. The molecule has 7 rings (SSSR count). The van der Waals surface area contributed by atoms with Crippen molar-refractivity contribution in [2.75, 3.05) is 33.1 Å². The SMILES string of the molecule is C=C/C(=C\C=C1\C=C(c2ccc(-c3cnc([C@@H]4CCCN4C(=O)[C@@H](NC(=O)OC)C(C)C)[nH]3)cc2)SC1)c1cnc([C@@H]2CCCN2C(O)[C@H](NC(=O)OC)c2ccccc2)[nH]1. The predicted octanol–water partition coefficient (Wildman–Crippen LogP) is 7.68. The second-order valence-corrected chi connectivity index (χ2v) is 16.7. The molecule has 5 atom stereocenters. The number of aromatic nitrogens is 4. The first kappa shape index (κ1) is 43.2. The Hall–Kier alpha value is -5.90. The van der Waals surface area contributed by atoms with Crippen LogP contribution >= 0.6 is 11.8 Å². The fourth-order valence-corrected chi connectivity index (χ4v) is 9.26. The third kappa shape index (κ3) is 9.85. The third-order valence-corrected chi connectivity index (χ3v) is 12.6. The molecule has 0 bridgehead atoms. The van der Waals surface area contributed by atoms with Crippen molar-refractivity contribution in [2.24, 2.45) is 5.92 Å². The molecule has 0 radical (unpaired) electrons. The van der Waals surface area contributed by atoms with Crippen LogP contribution in [0.25, 0.3) is 21.7 Å². The lowest BCUT2D eigenvalue weighted by Gasteiger charge is -2.34. The number of aromatic amines is 2. The first-order valence-corrected chi connectivity index (χ1v) is 21.6. The standard InChI is InChI=1S/C46H54N8O6S/c1-6-30(34-25-47-41(49-34)37-15-11-23-54(37)44(56)40(52-46(58)60-5)33-12-8-7-9-13-33)17-16-29-24-38(61-27-29)32-20-18-31(19-21-32)35-26-48-42(50-35)36-14-10-22-53(36)43(55)39(28(2)3)51-45(57)59-4/h6-9,12-13,16-21,24-26,28,36-37,39-40,44,56H,1,10-11,14-15,22-23,27H2,2-5H3,(H,47,49)(H,48,50)(H,51,57)(H,52,58)/b29-16-,30-17+/t36-,37-,39-,40+,44?/m0/s1. The van der Waals surface area contributed by atoms with E-state index in [4.69, 9.17) is 14.5 Å². The number of nitrogens with one attached hydrogen (secondary N) is 4. The summed E-state index contributed by atoms with van der Waals surface area (Å²) >= 11 is 1.79. The predicted molar refractivity (Wildman–Crippen MR) is 237 cm³/mol. The third-order valence-electron chi connectivity index (χ3n) is 11.5. The Bertz CT molecular complexity index is 2280. The minimum Gasteiger partial charge on any atom is -0.453 e. The van der Waals surface area contributed by atoms with Gasteiger partial charge in [0.25, 0.3) is 0 Å². The number of H-pyrrole nitrogens is 2. The van der Waals surface area contributed by atoms with E-state index >= 15 is 0 Å². The van der Waals surface area contributed by atoms with Gasteiger partial charge in [-0.3, -0.25) is 9.69 Å². The van der Waals surface area contributed by atoms with E-state index in [1.54, 1.807) is 24.0 Å². The second kappa shape index (κ2) is 19.7. The summed E-state index contributed by atoms with van der Waals surface area (Å²) in [5.41, 5.74) is 6.65. The number of methoxy groups -OCH3 is 2. The molecule has 1 unspecified atom stereocenters. The highest BCUT2D eigenvalue weighted by Crippen LogP contribution is 2.39. The van der Waals surface area contributed by atoms with Crippen LogP contribution in [-0.2, 0) is 14.3 Å². The monoisotopic (exact) mass is 846 g/mol. The lowest BCUT2D eigenvalue weighted by Crippen LogP contribution is -2.51. The van der Waals surface area contributed by atoms with E-state index in [1.165, 1.54) is 24.7 Å². The summed E-state index contributed by atoms with van der Waals surface area (Å²) in [6, 6.07) is 16.0. The van der Waals surface area contributed by atoms with Crippen molar-refractivity contribution in [2.45, 2.75) is 69.9 Å². The van der Waals surface area contributed by atoms with Crippen LogP contribution in [0.4, 0.5) is 9.59 Å². The molecule has 4 aromatic rings. The summed E-state index contributed by atoms with van der Waals surface area (Å²) in [6.45, 7) is 9.12. The number of hydrogen-bond acceptors (Lipinski definition) is 10. The van der Waals surface area contributed by atoms with E-state index in [1.807, 2.05) is 66.3 Å². The lowest BCUT2D eigenvalue weighted by molar-refractivity contribution is -0.135. The van der Waals surface area contributed by atoms with Crippen molar-refractivity contribution in [3.8, 4) is 11.3 Å². The summed E-state index contributed by atoms with van der Waals surface area (Å²) in [6.07, 6.45) is 12.8. The van der Waals surface area contributed by atoms with Gasteiger partial charge in [-0.1, -0.05) is 93.3 Å². The number of allylic oxidation sites excluding steroid dienone is 5. The van der Waals surface area contributed by atoms with Crippen molar-refractivity contribution >= 4 is 40.3 Å². The van der Waals surface area contributed by atoms with Gasteiger partial charge in [-0.25, -0.2) is 19.6 Å². The topological polar surface area (TPSA) is 178 Å². The fraction of sp³-hybridized carbons (Fsp3) is 0.370. The number of benzene rings is 2. The molecule has 320 valence electrons. The van der Waals surface area contributed by atoms with Crippen LogP contribution in [0.15, 0.2) is 103 Å². The average Bonchev–Trinajstić information content (AvgIpc) is 4.14. The maximum atomic E-state index is 13.6. The molecule has 2 saturated heterocycles. The zero-order valence-corrected chi connectivity index (χ0v) is 35.8. The number of alkyl carbamates (subject to hydrolysis) is 2. The van der Waals surface area contributed by atoms with Crippen LogP contribution < -0.4 is 10.6 Å². The van der Waals surface area contributed by atoms with E-state index in [0.717, 1.165) is 76.7 Å². The van der Waals surface area contributed by atoms with Crippen molar-refractivity contribution in [3.05, 3.63) is 132 Å². The normalized spacial score (nSPS) is 20.4. The Kier molecular flexibility index (Phi) is 13.9. The van der Waals surface area contributed by atoms with Gasteiger partial charge in [0, 0.05) is 23.7 Å². The summed E-state index contributed by atoms with van der Waals surface area (Å²) in [5.74, 6) is 2.06. The molecule has 0 saturated carbocycles. The molecule has 0 spiro atoms. The maximum absolute atomic E-state index is 13.6. The van der Waals surface area contributed by atoms with E-state index < -0.39 is 30.5 Å². The van der Waals surface area contributed by atoms with Crippen LogP contribution in [0, 0.1) is 5.92 Å². The van der Waals surface area contributed by atoms with Crippen LogP contribution in [-0.4, -0.2) is 98.3 Å². The quantitative estimate of drug-likeness (QED) is 0.0791. The van der Waals surface area contributed by atoms with Crippen molar-refractivity contribution in [1.82, 2.24) is 40.4 Å². The summed E-state index contributed by atoms with van der Waals surface area (Å²) in [4.78, 5) is 59.1. The van der Waals surface area contributed by atoms with Crippen LogP contribution in [0.5, 0.6) is 0 Å². The molecular weight excluding hydrogens is 793 g/mol. The number of likely N-dealkylation sites (tertiary alicyclic amines) is 2. The van der Waals surface area contributed by atoms with E-state index in [-0.39, 0.29) is 23.9 Å². The maximum Gasteiger partial charge on any atom is 0.407 e. The fourth-order valence-electron chi connectivity index (χ4n) is 8.22. The van der Waals surface area contributed by atoms with Crippen molar-refractivity contribution < 1.29 is 29.0 Å². The molecule has 14 nitrogen and oxygen atoms in total. The van der Waals surface area contributed by atoms with Gasteiger partial charge in [-0.15, -0.1) is 11.8 Å². The Morgan fingerprint density at radius 1 is 0.902 bits per heavy atom. The molecule has 0 aliphatic carbocycles. The molecule has 3 aliphatic heterocycles. The zero-order chi connectivity index (χ0) is 43.0. The van der Waals surface area contributed by atoms with E-state index in [2.05, 4.69) is 68.6 Å². The van der Waals surface area contributed by atoms with E-state index in [0.29, 0.717) is 13.1 Å². The average molecular weight is 847 g/mol. The van der Waals surface area contributed by atoms with Gasteiger partial charge >= 0.3 is 12.2 Å². The van der Waals surface area contributed by atoms with Gasteiger partial charge in [-0.05, 0) is 65.5 Å². The molecule has 61 heavy (non-hydrogen) atoms. The first-order valence-electron chi connectivity index (χ1n) is 20.7. The Labute approximate surface area is 360 Å². The van der Waals surface area contributed by atoms with Crippen LogP contribution in [0.3, 0.4) is 0 Å². The number of carbonyl (C=O) groups excluding carboxylic acids is 3. The number of nitrogens with zero attached hydrogens (tertiary/aromatic N) is 4. The number of rotatable bonds is 14. The Morgan fingerprint density at radius 2 is 1.57 bits per heavy atom. The van der Waals surface area contributed by atoms with Gasteiger partial charge in [0.1, 0.15) is 23.9 Å². The smallest absolute Gasteiger partial charge is 0.407 e. The molecule has 2 aromatic heterocycles. The van der Waals surface area contributed by atoms with Crippen molar-refractivity contribution in [1.29, 1.82) is 0 Å². The van der Waals surface area contributed by atoms with Gasteiger partial charge in [-0.2, -0.15) is 0 Å².